The smallest absolute Gasteiger partial charge is 0.383 e. The zero-order valence-corrected chi connectivity index (χ0v) is 9.78. The van der Waals surface area contributed by atoms with Crippen LogP contribution in [0.25, 0.3) is 0 Å². The van der Waals surface area contributed by atoms with Gasteiger partial charge in [0.1, 0.15) is 5.82 Å². The van der Waals surface area contributed by atoms with E-state index in [0.717, 1.165) is 0 Å². The van der Waals surface area contributed by atoms with Crippen LogP contribution in [-0.4, -0.2) is 9.97 Å². The maximum atomic E-state index is 12.9. The molecule has 0 aliphatic rings. The largest absolute Gasteiger partial charge is 0.433 e. The molecule has 2 aromatic rings. The molecule has 0 aliphatic heterocycles. The molecule has 2 rings (SSSR count). The lowest BCUT2D eigenvalue weighted by Crippen LogP contribution is -2.17. The summed E-state index contributed by atoms with van der Waals surface area (Å²) in [7, 11) is 0. The van der Waals surface area contributed by atoms with Gasteiger partial charge >= 0.3 is 6.18 Å². The molecule has 1 heterocycles. The fourth-order valence-corrected chi connectivity index (χ4v) is 1.73. The Balaban J connectivity index is 2.50. The summed E-state index contributed by atoms with van der Waals surface area (Å²) >= 11 is 0. The molecule has 19 heavy (non-hydrogen) atoms. The number of aromatic nitrogens is 2. The van der Waals surface area contributed by atoms with E-state index in [2.05, 4.69) is 9.97 Å². The summed E-state index contributed by atoms with van der Waals surface area (Å²) in [4.78, 5) is 6.85. The van der Waals surface area contributed by atoms with E-state index >= 15 is 0 Å². The Bertz CT molecular complexity index is 582. The van der Waals surface area contributed by atoms with Crippen LogP contribution in [0.4, 0.5) is 24.9 Å². The quantitative estimate of drug-likeness (QED) is 0.875. The second-order valence-electron chi connectivity index (χ2n) is 3.95. The molecule has 100 valence electrons. The lowest BCUT2D eigenvalue weighted by Gasteiger charge is -2.14. The first-order valence-electron chi connectivity index (χ1n) is 5.41. The van der Waals surface area contributed by atoms with Gasteiger partial charge in [0.15, 0.2) is 5.69 Å². The second-order valence-corrected chi connectivity index (χ2v) is 3.95. The molecule has 0 atom stereocenters. The molecule has 0 bridgehead atoms. The molecule has 4 nitrogen and oxygen atoms in total. The van der Waals surface area contributed by atoms with Gasteiger partial charge in [0.25, 0.3) is 0 Å². The zero-order valence-electron chi connectivity index (χ0n) is 9.78. The summed E-state index contributed by atoms with van der Waals surface area (Å²) < 4.78 is 38.7. The van der Waals surface area contributed by atoms with E-state index in [1.807, 2.05) is 0 Å². The van der Waals surface area contributed by atoms with Crippen molar-refractivity contribution >= 4 is 11.8 Å². The van der Waals surface area contributed by atoms with Gasteiger partial charge in [0, 0.05) is 12.0 Å². The average molecular weight is 268 g/mol. The van der Waals surface area contributed by atoms with Gasteiger partial charge in [-0.25, -0.2) is 4.98 Å². The number of hydrogen-bond donors (Lipinski definition) is 2. The fourth-order valence-electron chi connectivity index (χ4n) is 1.73. The Morgan fingerprint density at radius 3 is 2.21 bits per heavy atom. The fraction of sp³-hybridized carbons (Fsp3) is 0.167. The highest BCUT2D eigenvalue weighted by Crippen LogP contribution is 2.33. The van der Waals surface area contributed by atoms with E-state index in [0.29, 0.717) is 5.56 Å². The summed E-state index contributed by atoms with van der Waals surface area (Å²) in [5.41, 5.74) is 10.2. The molecule has 0 radical (unpaired) electrons. The number of nitrogen functional groups attached to an aromatic ring is 2. The van der Waals surface area contributed by atoms with Crippen LogP contribution < -0.4 is 11.5 Å². The molecule has 0 amide bonds. The number of alkyl halides is 3. The molecular weight excluding hydrogens is 257 g/mol. The van der Waals surface area contributed by atoms with Crippen LogP contribution in [0.1, 0.15) is 16.8 Å². The molecule has 0 saturated carbocycles. The van der Waals surface area contributed by atoms with Gasteiger partial charge in [-0.1, -0.05) is 30.3 Å². The van der Waals surface area contributed by atoms with Gasteiger partial charge in [-0.3, -0.25) is 0 Å². The second kappa shape index (κ2) is 4.75. The number of benzene rings is 1. The van der Waals surface area contributed by atoms with Gasteiger partial charge in [-0.2, -0.15) is 18.2 Å². The topological polar surface area (TPSA) is 77.8 Å². The maximum Gasteiger partial charge on any atom is 0.433 e. The first-order chi connectivity index (χ1) is 8.88. The number of nitrogens with zero attached hydrogens (tertiary/aromatic N) is 2. The zero-order chi connectivity index (χ0) is 14.0. The van der Waals surface area contributed by atoms with Crippen molar-refractivity contribution in [3.8, 4) is 0 Å². The highest BCUT2D eigenvalue weighted by molar-refractivity contribution is 5.49. The van der Waals surface area contributed by atoms with Crippen LogP contribution >= 0.6 is 0 Å². The summed E-state index contributed by atoms with van der Waals surface area (Å²) in [5, 5.41) is 0. The Morgan fingerprint density at radius 2 is 1.63 bits per heavy atom. The summed E-state index contributed by atoms with van der Waals surface area (Å²) in [6.07, 6.45) is -4.61. The molecule has 0 saturated heterocycles. The van der Waals surface area contributed by atoms with E-state index in [-0.39, 0.29) is 17.8 Å². The molecule has 0 unspecified atom stereocenters. The molecule has 1 aromatic carbocycles. The molecule has 7 heteroatoms. The third-order valence-electron chi connectivity index (χ3n) is 2.55. The van der Waals surface area contributed by atoms with Crippen molar-refractivity contribution in [3.63, 3.8) is 0 Å². The van der Waals surface area contributed by atoms with Crippen molar-refractivity contribution in [2.24, 2.45) is 0 Å². The van der Waals surface area contributed by atoms with Crippen molar-refractivity contribution in [1.82, 2.24) is 9.97 Å². The molecule has 0 aliphatic carbocycles. The SMILES string of the molecule is Nc1nc(N)c(Cc2ccccc2)c(C(F)(F)F)n1. The van der Waals surface area contributed by atoms with Crippen molar-refractivity contribution in [1.29, 1.82) is 0 Å². The van der Waals surface area contributed by atoms with E-state index < -0.39 is 17.8 Å². The minimum Gasteiger partial charge on any atom is -0.383 e. The van der Waals surface area contributed by atoms with E-state index in [9.17, 15) is 13.2 Å². The van der Waals surface area contributed by atoms with Crippen LogP contribution in [0.15, 0.2) is 30.3 Å². The molecule has 0 spiro atoms. The van der Waals surface area contributed by atoms with Gasteiger partial charge in [-0.15, -0.1) is 0 Å². The van der Waals surface area contributed by atoms with Crippen molar-refractivity contribution in [3.05, 3.63) is 47.2 Å². The van der Waals surface area contributed by atoms with Crippen LogP contribution in [-0.2, 0) is 12.6 Å². The minimum absolute atomic E-state index is 0.00178. The van der Waals surface area contributed by atoms with E-state index in [1.165, 1.54) is 0 Å². The Kier molecular flexibility index (Phi) is 3.28. The van der Waals surface area contributed by atoms with Crippen LogP contribution in [0.2, 0.25) is 0 Å². The van der Waals surface area contributed by atoms with Gasteiger partial charge in [-0.05, 0) is 5.56 Å². The van der Waals surface area contributed by atoms with Crippen LogP contribution in [0, 0.1) is 0 Å². The summed E-state index contributed by atoms with van der Waals surface area (Å²) in [6.45, 7) is 0. The lowest BCUT2D eigenvalue weighted by atomic mass is 10.0. The summed E-state index contributed by atoms with van der Waals surface area (Å²) in [6, 6.07) is 8.65. The molecular formula is C12H11F3N4. The van der Waals surface area contributed by atoms with Crippen LogP contribution in [0.3, 0.4) is 0 Å². The third-order valence-corrected chi connectivity index (χ3v) is 2.55. The highest BCUT2D eigenvalue weighted by atomic mass is 19.4. The average Bonchev–Trinajstić information content (AvgIpc) is 2.32. The third kappa shape index (κ3) is 2.93. The lowest BCUT2D eigenvalue weighted by molar-refractivity contribution is -0.141. The number of anilines is 2. The molecule has 0 fully saturated rings. The molecule has 1 aromatic heterocycles. The van der Waals surface area contributed by atoms with Gasteiger partial charge < -0.3 is 11.5 Å². The van der Waals surface area contributed by atoms with Gasteiger partial charge in [0.2, 0.25) is 5.95 Å². The molecule has 4 N–H and O–H groups in total. The van der Waals surface area contributed by atoms with Crippen molar-refractivity contribution in [2.75, 3.05) is 11.5 Å². The number of rotatable bonds is 2. The summed E-state index contributed by atoms with van der Waals surface area (Å²) in [5.74, 6) is -0.731. The highest BCUT2D eigenvalue weighted by Gasteiger charge is 2.37. The van der Waals surface area contributed by atoms with E-state index in [4.69, 9.17) is 11.5 Å². The Morgan fingerprint density at radius 1 is 1.00 bits per heavy atom. The number of halogens is 3. The number of nitrogens with two attached hydrogens (primary N) is 2. The minimum atomic E-state index is -4.62. The monoisotopic (exact) mass is 268 g/mol. The standard InChI is InChI=1S/C12H11F3N4/c13-12(14,15)9-8(10(16)19-11(17)18-9)6-7-4-2-1-3-5-7/h1-5H,6H2,(H4,16,17,18,19). The van der Waals surface area contributed by atoms with Gasteiger partial charge in [0.05, 0.1) is 0 Å². The van der Waals surface area contributed by atoms with E-state index in [1.54, 1.807) is 30.3 Å². The van der Waals surface area contributed by atoms with Crippen molar-refractivity contribution < 1.29 is 13.2 Å². The van der Waals surface area contributed by atoms with Crippen LogP contribution in [0.5, 0.6) is 0 Å². The first kappa shape index (κ1) is 13.1. The Hall–Kier alpha value is -2.31. The van der Waals surface area contributed by atoms with Crippen molar-refractivity contribution in [2.45, 2.75) is 12.6 Å². The maximum absolute atomic E-state index is 12.9. The number of hydrogen-bond acceptors (Lipinski definition) is 4. The normalized spacial score (nSPS) is 11.5. The predicted octanol–water partition coefficient (Wildman–Crippen LogP) is 2.25. The first-order valence-corrected chi connectivity index (χ1v) is 5.41. The Labute approximate surface area is 107 Å². The predicted molar refractivity (Wildman–Crippen MR) is 65.1 cm³/mol.